The highest BCUT2D eigenvalue weighted by molar-refractivity contribution is 14.1. The van der Waals surface area contributed by atoms with E-state index in [0.29, 0.717) is 11.4 Å². The second-order valence-corrected chi connectivity index (χ2v) is 7.55. The van der Waals surface area contributed by atoms with E-state index in [1.807, 2.05) is 54.6 Å². The SMILES string of the molecule is CCOC(=O)c1cc(-c2ccc(I)cc2)nc(C)c1C(=O)OCc1ccccc1. The Morgan fingerprint density at radius 1 is 0.966 bits per heavy atom. The predicted molar refractivity (Wildman–Crippen MR) is 119 cm³/mol. The lowest BCUT2D eigenvalue weighted by atomic mass is 10.0. The molecule has 0 saturated carbocycles. The number of ether oxygens (including phenoxy) is 2. The maximum Gasteiger partial charge on any atom is 0.341 e. The van der Waals surface area contributed by atoms with E-state index >= 15 is 0 Å². The van der Waals surface area contributed by atoms with E-state index in [4.69, 9.17) is 9.47 Å². The number of esters is 2. The molecule has 5 nitrogen and oxygen atoms in total. The van der Waals surface area contributed by atoms with Crippen molar-refractivity contribution in [2.24, 2.45) is 0 Å². The van der Waals surface area contributed by atoms with Crippen LogP contribution in [0.2, 0.25) is 0 Å². The zero-order valence-corrected chi connectivity index (χ0v) is 18.3. The van der Waals surface area contributed by atoms with Gasteiger partial charge < -0.3 is 9.47 Å². The van der Waals surface area contributed by atoms with Crippen molar-refractivity contribution in [3.05, 3.63) is 86.6 Å². The van der Waals surface area contributed by atoms with Crippen molar-refractivity contribution in [2.75, 3.05) is 6.61 Å². The number of carbonyl (C=O) groups is 2. The van der Waals surface area contributed by atoms with E-state index in [2.05, 4.69) is 27.6 Å². The van der Waals surface area contributed by atoms with Crippen molar-refractivity contribution >= 4 is 34.5 Å². The van der Waals surface area contributed by atoms with Gasteiger partial charge >= 0.3 is 11.9 Å². The van der Waals surface area contributed by atoms with Crippen molar-refractivity contribution < 1.29 is 19.1 Å². The summed E-state index contributed by atoms with van der Waals surface area (Å²) >= 11 is 2.22. The Labute approximate surface area is 183 Å². The molecule has 0 spiro atoms. The molecule has 0 N–H and O–H groups in total. The zero-order valence-electron chi connectivity index (χ0n) is 16.1. The van der Waals surface area contributed by atoms with Gasteiger partial charge in [0, 0.05) is 9.13 Å². The van der Waals surface area contributed by atoms with Crippen LogP contribution in [0, 0.1) is 10.5 Å². The number of nitrogens with zero attached hydrogens (tertiary/aromatic N) is 1. The van der Waals surface area contributed by atoms with Gasteiger partial charge in [0.15, 0.2) is 0 Å². The normalized spacial score (nSPS) is 10.4. The first-order chi connectivity index (χ1) is 14.0. The molecule has 3 rings (SSSR count). The fourth-order valence-electron chi connectivity index (χ4n) is 2.86. The van der Waals surface area contributed by atoms with Crippen LogP contribution < -0.4 is 0 Å². The van der Waals surface area contributed by atoms with Crippen molar-refractivity contribution in [1.82, 2.24) is 4.98 Å². The lowest BCUT2D eigenvalue weighted by Crippen LogP contribution is -2.17. The molecule has 0 fully saturated rings. The molecule has 1 heterocycles. The molecule has 0 amide bonds. The maximum atomic E-state index is 12.8. The summed E-state index contributed by atoms with van der Waals surface area (Å²) in [6.45, 7) is 3.73. The molecule has 2 aromatic carbocycles. The summed E-state index contributed by atoms with van der Waals surface area (Å²) in [5, 5.41) is 0. The molecule has 0 bridgehead atoms. The van der Waals surface area contributed by atoms with E-state index in [-0.39, 0.29) is 24.3 Å². The van der Waals surface area contributed by atoms with Crippen LogP contribution in [-0.2, 0) is 16.1 Å². The highest BCUT2D eigenvalue weighted by Crippen LogP contribution is 2.25. The first-order valence-electron chi connectivity index (χ1n) is 9.15. The first kappa shape index (κ1) is 21.0. The number of pyridine rings is 1. The van der Waals surface area contributed by atoms with Crippen LogP contribution in [0.1, 0.15) is 38.9 Å². The van der Waals surface area contributed by atoms with E-state index in [1.54, 1.807) is 19.9 Å². The second kappa shape index (κ2) is 9.65. The number of aromatic nitrogens is 1. The van der Waals surface area contributed by atoms with Crippen LogP contribution in [0.25, 0.3) is 11.3 Å². The molecule has 3 aromatic rings. The predicted octanol–water partition coefficient (Wildman–Crippen LogP) is 5.20. The zero-order chi connectivity index (χ0) is 20.8. The minimum atomic E-state index is -0.601. The molecule has 29 heavy (non-hydrogen) atoms. The summed E-state index contributed by atoms with van der Waals surface area (Å²) in [6, 6.07) is 18.7. The second-order valence-electron chi connectivity index (χ2n) is 6.30. The van der Waals surface area contributed by atoms with Crippen LogP contribution in [0.15, 0.2) is 60.7 Å². The summed E-state index contributed by atoms with van der Waals surface area (Å²) in [4.78, 5) is 29.9. The molecule has 0 aliphatic rings. The smallest absolute Gasteiger partial charge is 0.341 e. The third kappa shape index (κ3) is 5.20. The lowest BCUT2D eigenvalue weighted by molar-refractivity contribution is 0.0443. The lowest BCUT2D eigenvalue weighted by Gasteiger charge is -2.13. The fraction of sp³-hybridized carbons (Fsp3) is 0.174. The van der Waals surface area contributed by atoms with Gasteiger partial charge in [-0.15, -0.1) is 0 Å². The molecule has 148 valence electrons. The van der Waals surface area contributed by atoms with Crippen molar-refractivity contribution in [2.45, 2.75) is 20.5 Å². The van der Waals surface area contributed by atoms with Gasteiger partial charge in [-0.3, -0.25) is 4.98 Å². The van der Waals surface area contributed by atoms with Crippen LogP contribution in [0.3, 0.4) is 0 Å². The molecule has 6 heteroatoms. The first-order valence-corrected chi connectivity index (χ1v) is 10.2. The standard InChI is InChI=1S/C23H20INO4/c1-3-28-22(26)19-13-20(17-9-11-18(24)12-10-17)25-15(2)21(19)23(27)29-14-16-7-5-4-6-8-16/h4-13H,3,14H2,1-2H3. The van der Waals surface area contributed by atoms with Crippen LogP contribution in [0.5, 0.6) is 0 Å². The van der Waals surface area contributed by atoms with E-state index < -0.39 is 11.9 Å². The third-order valence-corrected chi connectivity index (χ3v) is 4.97. The number of carbonyl (C=O) groups excluding carboxylic acids is 2. The van der Waals surface area contributed by atoms with Crippen molar-refractivity contribution in [3.8, 4) is 11.3 Å². The quantitative estimate of drug-likeness (QED) is 0.344. The highest BCUT2D eigenvalue weighted by Gasteiger charge is 2.24. The summed E-state index contributed by atoms with van der Waals surface area (Å²) in [6.07, 6.45) is 0. The summed E-state index contributed by atoms with van der Waals surface area (Å²) in [5.41, 5.74) is 3.02. The minimum absolute atomic E-state index is 0.111. The average molecular weight is 501 g/mol. The molecule has 0 aliphatic carbocycles. The van der Waals surface area contributed by atoms with E-state index in [1.165, 1.54) is 0 Å². The van der Waals surface area contributed by atoms with E-state index in [9.17, 15) is 9.59 Å². The highest BCUT2D eigenvalue weighted by atomic mass is 127. The number of rotatable bonds is 6. The van der Waals surface area contributed by atoms with Crippen LogP contribution in [-0.4, -0.2) is 23.5 Å². The monoisotopic (exact) mass is 501 g/mol. The molecule has 1 aromatic heterocycles. The molecule has 0 aliphatic heterocycles. The minimum Gasteiger partial charge on any atom is -0.462 e. The van der Waals surface area contributed by atoms with Gasteiger partial charge in [-0.25, -0.2) is 9.59 Å². The van der Waals surface area contributed by atoms with Gasteiger partial charge in [-0.05, 0) is 60.2 Å². The van der Waals surface area contributed by atoms with E-state index in [0.717, 1.165) is 14.7 Å². The number of hydrogen-bond acceptors (Lipinski definition) is 5. The van der Waals surface area contributed by atoms with Gasteiger partial charge in [0.1, 0.15) is 6.61 Å². The average Bonchev–Trinajstić information content (AvgIpc) is 2.73. The van der Waals surface area contributed by atoms with Gasteiger partial charge in [-0.2, -0.15) is 0 Å². The third-order valence-electron chi connectivity index (χ3n) is 4.25. The summed E-state index contributed by atoms with van der Waals surface area (Å²) in [5.74, 6) is -1.17. The molecule has 0 saturated heterocycles. The Morgan fingerprint density at radius 2 is 1.66 bits per heavy atom. The Bertz CT molecular complexity index is 1020. The van der Waals surface area contributed by atoms with Gasteiger partial charge in [-0.1, -0.05) is 42.5 Å². The molecule has 0 atom stereocenters. The Morgan fingerprint density at radius 3 is 2.31 bits per heavy atom. The fourth-order valence-corrected chi connectivity index (χ4v) is 3.22. The molecule has 0 radical (unpaired) electrons. The largest absolute Gasteiger partial charge is 0.462 e. The molecular weight excluding hydrogens is 481 g/mol. The number of hydrogen-bond donors (Lipinski definition) is 0. The van der Waals surface area contributed by atoms with Crippen molar-refractivity contribution in [1.29, 1.82) is 0 Å². The topological polar surface area (TPSA) is 65.5 Å². The number of halogens is 1. The summed E-state index contributed by atoms with van der Waals surface area (Å²) < 4.78 is 11.7. The van der Waals surface area contributed by atoms with Crippen molar-refractivity contribution in [3.63, 3.8) is 0 Å². The van der Waals surface area contributed by atoms with Crippen LogP contribution in [0.4, 0.5) is 0 Å². The maximum absolute atomic E-state index is 12.8. The molecular formula is C23H20INO4. The Balaban J connectivity index is 1.97. The van der Waals surface area contributed by atoms with Gasteiger partial charge in [0.05, 0.1) is 29.1 Å². The number of benzene rings is 2. The Hall–Kier alpha value is -2.74. The Kier molecular flexibility index (Phi) is 6.98. The number of aryl methyl sites for hydroxylation is 1. The summed E-state index contributed by atoms with van der Waals surface area (Å²) in [7, 11) is 0. The van der Waals surface area contributed by atoms with Crippen LogP contribution >= 0.6 is 22.6 Å². The molecule has 0 unspecified atom stereocenters. The van der Waals surface area contributed by atoms with Gasteiger partial charge in [0.25, 0.3) is 0 Å². The van der Waals surface area contributed by atoms with Gasteiger partial charge in [0.2, 0.25) is 0 Å².